The summed E-state index contributed by atoms with van der Waals surface area (Å²) in [5, 5.41) is 4.44. The average molecular weight is 362 g/mol. The molecule has 1 amide bonds. The number of amides is 1. The van der Waals surface area contributed by atoms with Crippen molar-refractivity contribution in [1.82, 2.24) is 24.6 Å². The molecule has 3 aromatic rings. The van der Waals surface area contributed by atoms with Crippen LogP contribution in [0.3, 0.4) is 0 Å². The van der Waals surface area contributed by atoms with Crippen LogP contribution in [0.25, 0.3) is 5.69 Å². The van der Waals surface area contributed by atoms with Gasteiger partial charge in [0, 0.05) is 38.6 Å². The van der Waals surface area contributed by atoms with E-state index in [1.165, 1.54) is 0 Å². The van der Waals surface area contributed by atoms with Gasteiger partial charge in [-0.05, 0) is 37.6 Å². The number of anilines is 1. The predicted octanol–water partition coefficient (Wildman–Crippen LogP) is 2.24. The minimum atomic E-state index is 0.0278. The molecule has 7 nitrogen and oxygen atoms in total. The van der Waals surface area contributed by atoms with E-state index in [-0.39, 0.29) is 5.91 Å². The smallest absolute Gasteiger partial charge is 0.257 e. The van der Waals surface area contributed by atoms with E-state index >= 15 is 0 Å². The summed E-state index contributed by atoms with van der Waals surface area (Å²) in [4.78, 5) is 25.6. The third-order valence-corrected chi connectivity index (χ3v) is 4.89. The van der Waals surface area contributed by atoms with Gasteiger partial charge in [0.25, 0.3) is 5.91 Å². The van der Waals surface area contributed by atoms with Crippen molar-refractivity contribution in [3.8, 4) is 5.69 Å². The van der Waals surface area contributed by atoms with Crippen LogP contribution in [0.15, 0.2) is 48.9 Å². The van der Waals surface area contributed by atoms with Gasteiger partial charge in [0.05, 0.1) is 23.1 Å². The molecule has 1 fully saturated rings. The first kappa shape index (κ1) is 17.2. The fraction of sp³-hybridized carbons (Fsp3) is 0.300. The molecule has 1 saturated heterocycles. The maximum Gasteiger partial charge on any atom is 0.257 e. The van der Waals surface area contributed by atoms with Crippen molar-refractivity contribution < 1.29 is 4.79 Å². The number of aryl methyl sites for hydroxylation is 1. The molecule has 0 atom stereocenters. The lowest BCUT2D eigenvalue weighted by Gasteiger charge is -2.34. The highest BCUT2D eigenvalue weighted by Crippen LogP contribution is 2.18. The van der Waals surface area contributed by atoms with Crippen LogP contribution in [-0.2, 0) is 0 Å². The molecular formula is C20H22N6O. The molecular weight excluding hydrogens is 340 g/mol. The highest BCUT2D eigenvalue weighted by atomic mass is 16.2. The Balaban J connectivity index is 1.48. The second-order valence-electron chi connectivity index (χ2n) is 6.72. The zero-order valence-electron chi connectivity index (χ0n) is 15.5. The van der Waals surface area contributed by atoms with Crippen molar-refractivity contribution in [3.05, 3.63) is 65.7 Å². The van der Waals surface area contributed by atoms with Gasteiger partial charge in [0.1, 0.15) is 0 Å². The molecule has 0 saturated carbocycles. The molecule has 4 rings (SSSR count). The molecule has 0 radical (unpaired) electrons. The Morgan fingerprint density at radius 2 is 1.74 bits per heavy atom. The van der Waals surface area contributed by atoms with Crippen molar-refractivity contribution in [2.75, 3.05) is 31.1 Å². The molecule has 0 unspecified atom stereocenters. The van der Waals surface area contributed by atoms with Gasteiger partial charge >= 0.3 is 0 Å². The van der Waals surface area contributed by atoms with Crippen LogP contribution in [0.2, 0.25) is 0 Å². The Kier molecular flexibility index (Phi) is 4.58. The number of rotatable bonds is 3. The largest absolute Gasteiger partial charge is 0.337 e. The number of aromatic nitrogens is 4. The van der Waals surface area contributed by atoms with Crippen molar-refractivity contribution in [3.63, 3.8) is 0 Å². The van der Waals surface area contributed by atoms with Crippen molar-refractivity contribution >= 4 is 11.9 Å². The van der Waals surface area contributed by atoms with Gasteiger partial charge in [0.15, 0.2) is 0 Å². The molecule has 27 heavy (non-hydrogen) atoms. The minimum absolute atomic E-state index is 0.0278. The monoisotopic (exact) mass is 362 g/mol. The molecule has 0 aliphatic carbocycles. The fourth-order valence-electron chi connectivity index (χ4n) is 3.37. The van der Waals surface area contributed by atoms with E-state index in [0.717, 1.165) is 30.0 Å². The lowest BCUT2D eigenvalue weighted by atomic mass is 10.2. The highest BCUT2D eigenvalue weighted by molar-refractivity contribution is 5.95. The van der Waals surface area contributed by atoms with E-state index in [0.29, 0.717) is 24.6 Å². The minimum Gasteiger partial charge on any atom is -0.337 e. The van der Waals surface area contributed by atoms with E-state index in [1.54, 1.807) is 24.7 Å². The second kappa shape index (κ2) is 7.19. The Morgan fingerprint density at radius 3 is 2.44 bits per heavy atom. The Morgan fingerprint density at radius 1 is 1.00 bits per heavy atom. The zero-order chi connectivity index (χ0) is 18.8. The molecule has 1 aliphatic heterocycles. The standard InChI is InChI=1S/C20H22N6O/c1-15-5-3-6-17(13-15)26-16(2)18(14-23-26)19(27)24-9-11-25(12-10-24)20-21-7-4-8-22-20/h3-8,13-14H,9-12H2,1-2H3. The predicted molar refractivity (Wildman–Crippen MR) is 103 cm³/mol. The van der Waals surface area contributed by atoms with Crippen LogP contribution >= 0.6 is 0 Å². The SMILES string of the molecule is Cc1cccc(-n2ncc(C(=O)N3CCN(c4ncccn4)CC3)c2C)c1. The lowest BCUT2D eigenvalue weighted by molar-refractivity contribution is 0.0745. The lowest BCUT2D eigenvalue weighted by Crippen LogP contribution is -2.49. The number of hydrogen-bond acceptors (Lipinski definition) is 5. The number of carbonyl (C=O) groups excluding carboxylic acids is 1. The van der Waals surface area contributed by atoms with Crippen LogP contribution in [0.1, 0.15) is 21.6 Å². The summed E-state index contributed by atoms with van der Waals surface area (Å²) >= 11 is 0. The summed E-state index contributed by atoms with van der Waals surface area (Å²) in [6.07, 6.45) is 5.15. The summed E-state index contributed by atoms with van der Waals surface area (Å²) in [6.45, 7) is 6.72. The van der Waals surface area contributed by atoms with Crippen LogP contribution in [0, 0.1) is 13.8 Å². The summed E-state index contributed by atoms with van der Waals surface area (Å²) in [6, 6.07) is 9.91. The third-order valence-electron chi connectivity index (χ3n) is 4.89. The van der Waals surface area contributed by atoms with E-state index in [2.05, 4.69) is 26.0 Å². The summed E-state index contributed by atoms with van der Waals surface area (Å²) in [5.74, 6) is 0.744. The Labute approximate surface area is 158 Å². The molecule has 0 N–H and O–H groups in total. The fourth-order valence-corrected chi connectivity index (χ4v) is 3.37. The van der Waals surface area contributed by atoms with Gasteiger partial charge in [-0.2, -0.15) is 5.10 Å². The van der Waals surface area contributed by atoms with Crippen molar-refractivity contribution in [1.29, 1.82) is 0 Å². The average Bonchev–Trinajstić information content (AvgIpc) is 3.09. The molecule has 1 aliphatic rings. The molecule has 0 spiro atoms. The normalized spacial score (nSPS) is 14.4. The van der Waals surface area contributed by atoms with Gasteiger partial charge in [-0.1, -0.05) is 12.1 Å². The van der Waals surface area contributed by atoms with Crippen LogP contribution in [-0.4, -0.2) is 56.7 Å². The topological polar surface area (TPSA) is 67.2 Å². The summed E-state index contributed by atoms with van der Waals surface area (Å²) in [7, 11) is 0. The van der Waals surface area contributed by atoms with Gasteiger partial charge in [0.2, 0.25) is 5.95 Å². The Bertz CT molecular complexity index is 944. The van der Waals surface area contributed by atoms with Crippen LogP contribution in [0.5, 0.6) is 0 Å². The molecule has 7 heteroatoms. The van der Waals surface area contributed by atoms with E-state index < -0.39 is 0 Å². The van der Waals surface area contributed by atoms with Gasteiger partial charge in [-0.3, -0.25) is 4.79 Å². The number of nitrogens with zero attached hydrogens (tertiary/aromatic N) is 6. The highest BCUT2D eigenvalue weighted by Gasteiger charge is 2.26. The quantitative estimate of drug-likeness (QED) is 0.715. The molecule has 1 aromatic carbocycles. The first-order chi connectivity index (χ1) is 13.1. The number of benzene rings is 1. The summed E-state index contributed by atoms with van der Waals surface area (Å²) < 4.78 is 1.83. The molecule has 0 bridgehead atoms. The number of piperazine rings is 1. The first-order valence-corrected chi connectivity index (χ1v) is 9.06. The second-order valence-corrected chi connectivity index (χ2v) is 6.72. The summed E-state index contributed by atoms with van der Waals surface area (Å²) in [5.41, 5.74) is 3.65. The maximum absolute atomic E-state index is 13.0. The maximum atomic E-state index is 13.0. The van der Waals surface area contributed by atoms with Gasteiger partial charge in [-0.15, -0.1) is 0 Å². The zero-order valence-corrected chi connectivity index (χ0v) is 15.5. The van der Waals surface area contributed by atoms with Crippen LogP contribution < -0.4 is 4.90 Å². The number of hydrogen-bond donors (Lipinski definition) is 0. The van der Waals surface area contributed by atoms with Gasteiger partial charge < -0.3 is 9.80 Å². The molecule has 3 heterocycles. The molecule has 138 valence electrons. The number of carbonyl (C=O) groups is 1. The third kappa shape index (κ3) is 3.40. The van der Waals surface area contributed by atoms with Gasteiger partial charge in [-0.25, -0.2) is 14.6 Å². The molecule has 2 aromatic heterocycles. The van der Waals surface area contributed by atoms with E-state index in [1.807, 2.05) is 41.6 Å². The Hall–Kier alpha value is -3.22. The first-order valence-electron chi connectivity index (χ1n) is 9.06. The van der Waals surface area contributed by atoms with Crippen molar-refractivity contribution in [2.45, 2.75) is 13.8 Å². The van der Waals surface area contributed by atoms with Crippen LogP contribution in [0.4, 0.5) is 5.95 Å². The van der Waals surface area contributed by atoms with E-state index in [9.17, 15) is 4.79 Å². The van der Waals surface area contributed by atoms with Crippen molar-refractivity contribution in [2.24, 2.45) is 0 Å². The van der Waals surface area contributed by atoms with E-state index in [4.69, 9.17) is 0 Å².